The highest BCUT2D eigenvalue weighted by Crippen LogP contribution is 2.32. The molecule has 0 atom stereocenters. The number of carbonyl (C=O) groups excluding carboxylic acids is 1. The Morgan fingerprint density at radius 3 is 2.12 bits per heavy atom. The maximum Gasteiger partial charge on any atom is 0.226 e. The molecule has 26 heavy (non-hydrogen) atoms. The number of benzene rings is 2. The molecule has 0 unspecified atom stereocenters. The van der Waals surface area contributed by atoms with Gasteiger partial charge in [-0.15, -0.1) is 0 Å². The molecular formula is C21H26Cl2N2O. The fourth-order valence-corrected chi connectivity index (χ4v) is 3.12. The van der Waals surface area contributed by atoms with E-state index in [4.69, 9.17) is 23.2 Å². The highest BCUT2D eigenvalue weighted by atomic mass is 35.5. The minimum atomic E-state index is -0.00689. The summed E-state index contributed by atoms with van der Waals surface area (Å²) in [5, 5.41) is 7.33. The SMILES string of the molecule is CC(C)c1cccc(C(C)C)c1NC(=O)CCNc1ccc(Cl)c(Cl)c1. The first-order valence-electron chi connectivity index (χ1n) is 8.91. The van der Waals surface area contributed by atoms with Crippen LogP contribution in [0.25, 0.3) is 0 Å². The van der Waals surface area contributed by atoms with E-state index in [0.29, 0.717) is 34.8 Å². The molecule has 3 nitrogen and oxygen atoms in total. The highest BCUT2D eigenvalue weighted by molar-refractivity contribution is 6.42. The molecule has 2 rings (SSSR count). The van der Waals surface area contributed by atoms with Gasteiger partial charge < -0.3 is 10.6 Å². The highest BCUT2D eigenvalue weighted by Gasteiger charge is 2.15. The van der Waals surface area contributed by atoms with E-state index in [9.17, 15) is 4.79 Å². The van der Waals surface area contributed by atoms with Gasteiger partial charge in [-0.05, 0) is 41.2 Å². The molecule has 140 valence electrons. The number of hydrogen-bond donors (Lipinski definition) is 2. The van der Waals surface area contributed by atoms with Crippen LogP contribution in [0.5, 0.6) is 0 Å². The number of amides is 1. The first kappa shape index (κ1) is 20.6. The maximum atomic E-state index is 12.5. The first-order valence-corrected chi connectivity index (χ1v) is 9.66. The third kappa shape index (κ3) is 5.39. The Kier molecular flexibility index (Phi) is 7.36. The Hall–Kier alpha value is -1.71. The summed E-state index contributed by atoms with van der Waals surface area (Å²) in [5.74, 6) is 0.684. The van der Waals surface area contributed by atoms with Crippen LogP contribution < -0.4 is 10.6 Å². The summed E-state index contributed by atoms with van der Waals surface area (Å²) in [4.78, 5) is 12.5. The van der Waals surface area contributed by atoms with Gasteiger partial charge >= 0.3 is 0 Å². The van der Waals surface area contributed by atoms with Crippen molar-refractivity contribution in [3.8, 4) is 0 Å². The van der Waals surface area contributed by atoms with E-state index < -0.39 is 0 Å². The van der Waals surface area contributed by atoms with Gasteiger partial charge in [0.05, 0.1) is 10.0 Å². The molecule has 2 N–H and O–H groups in total. The molecule has 2 aromatic rings. The van der Waals surface area contributed by atoms with Crippen LogP contribution in [0.4, 0.5) is 11.4 Å². The molecule has 0 fully saturated rings. The predicted molar refractivity (Wildman–Crippen MR) is 113 cm³/mol. The van der Waals surface area contributed by atoms with Gasteiger partial charge in [0, 0.05) is 24.3 Å². The Bertz CT molecular complexity index is 746. The lowest BCUT2D eigenvalue weighted by molar-refractivity contribution is -0.115. The monoisotopic (exact) mass is 392 g/mol. The molecule has 0 aromatic heterocycles. The van der Waals surface area contributed by atoms with Gasteiger partial charge in [-0.2, -0.15) is 0 Å². The van der Waals surface area contributed by atoms with Crippen molar-refractivity contribution in [1.82, 2.24) is 0 Å². The Labute approximate surface area is 166 Å². The number of hydrogen-bond acceptors (Lipinski definition) is 2. The third-order valence-electron chi connectivity index (χ3n) is 4.24. The van der Waals surface area contributed by atoms with Crippen molar-refractivity contribution < 1.29 is 4.79 Å². The molecule has 0 aliphatic rings. The van der Waals surface area contributed by atoms with E-state index in [1.54, 1.807) is 12.1 Å². The van der Waals surface area contributed by atoms with Gasteiger partial charge in [0.15, 0.2) is 0 Å². The molecule has 0 aliphatic carbocycles. The summed E-state index contributed by atoms with van der Waals surface area (Å²) in [6, 6.07) is 11.6. The van der Waals surface area contributed by atoms with Gasteiger partial charge in [-0.3, -0.25) is 4.79 Å². The second kappa shape index (κ2) is 9.29. The van der Waals surface area contributed by atoms with Crippen molar-refractivity contribution in [2.75, 3.05) is 17.2 Å². The van der Waals surface area contributed by atoms with E-state index in [-0.39, 0.29) is 5.91 Å². The van der Waals surface area contributed by atoms with Crippen molar-refractivity contribution in [2.45, 2.75) is 46.0 Å². The lowest BCUT2D eigenvalue weighted by atomic mass is 9.92. The van der Waals surface area contributed by atoms with Crippen LogP contribution in [-0.2, 0) is 4.79 Å². The van der Waals surface area contributed by atoms with Crippen molar-refractivity contribution in [3.63, 3.8) is 0 Å². The van der Waals surface area contributed by atoms with Crippen LogP contribution in [0.15, 0.2) is 36.4 Å². The van der Waals surface area contributed by atoms with Crippen molar-refractivity contribution >= 4 is 40.5 Å². The number of nitrogens with one attached hydrogen (secondary N) is 2. The van der Waals surface area contributed by atoms with E-state index in [1.165, 1.54) is 11.1 Å². The minimum absolute atomic E-state index is 0.00689. The van der Waals surface area contributed by atoms with Crippen molar-refractivity contribution in [3.05, 3.63) is 57.6 Å². The van der Waals surface area contributed by atoms with Crippen LogP contribution >= 0.6 is 23.2 Å². The largest absolute Gasteiger partial charge is 0.384 e. The van der Waals surface area contributed by atoms with Gasteiger partial charge in [-0.1, -0.05) is 69.1 Å². The zero-order valence-corrected chi connectivity index (χ0v) is 17.2. The molecule has 0 aliphatic heterocycles. The van der Waals surface area contributed by atoms with Crippen LogP contribution in [-0.4, -0.2) is 12.5 Å². The smallest absolute Gasteiger partial charge is 0.226 e. The fourth-order valence-electron chi connectivity index (χ4n) is 2.82. The van der Waals surface area contributed by atoms with E-state index in [1.807, 2.05) is 6.07 Å². The lowest BCUT2D eigenvalue weighted by Crippen LogP contribution is -2.18. The van der Waals surface area contributed by atoms with Crippen molar-refractivity contribution in [2.24, 2.45) is 0 Å². The summed E-state index contributed by atoms with van der Waals surface area (Å²) in [5.41, 5.74) is 4.14. The second-order valence-corrected chi connectivity index (χ2v) is 7.79. The maximum absolute atomic E-state index is 12.5. The van der Waals surface area contributed by atoms with Crippen LogP contribution in [0.1, 0.15) is 57.1 Å². The van der Waals surface area contributed by atoms with E-state index >= 15 is 0 Å². The summed E-state index contributed by atoms with van der Waals surface area (Å²) in [6.45, 7) is 9.08. The molecule has 2 aromatic carbocycles. The topological polar surface area (TPSA) is 41.1 Å². The average Bonchev–Trinajstić information content (AvgIpc) is 2.57. The average molecular weight is 393 g/mol. The van der Waals surface area contributed by atoms with Crippen LogP contribution in [0.2, 0.25) is 10.0 Å². The van der Waals surface area contributed by atoms with Gasteiger partial charge in [-0.25, -0.2) is 0 Å². The Balaban J connectivity index is 2.02. The first-order chi connectivity index (χ1) is 12.3. The Morgan fingerprint density at radius 2 is 1.58 bits per heavy atom. The molecule has 0 radical (unpaired) electrons. The van der Waals surface area contributed by atoms with E-state index in [0.717, 1.165) is 11.4 Å². The van der Waals surface area contributed by atoms with Gasteiger partial charge in [0.25, 0.3) is 0 Å². The normalized spacial score (nSPS) is 11.1. The van der Waals surface area contributed by atoms with Gasteiger partial charge in [0.1, 0.15) is 0 Å². The fraction of sp³-hybridized carbons (Fsp3) is 0.381. The lowest BCUT2D eigenvalue weighted by Gasteiger charge is -2.20. The van der Waals surface area contributed by atoms with Crippen LogP contribution in [0, 0.1) is 0 Å². The molecule has 0 saturated heterocycles. The van der Waals surface area contributed by atoms with Gasteiger partial charge in [0.2, 0.25) is 5.91 Å². The summed E-state index contributed by atoms with van der Waals surface area (Å²) in [6.07, 6.45) is 0.365. The van der Waals surface area contributed by atoms with Crippen LogP contribution in [0.3, 0.4) is 0 Å². The van der Waals surface area contributed by atoms with E-state index in [2.05, 4.69) is 56.5 Å². The number of rotatable bonds is 7. The number of carbonyl (C=O) groups is 1. The molecule has 5 heteroatoms. The quantitative estimate of drug-likeness (QED) is 0.551. The molecule has 0 saturated carbocycles. The molecule has 0 heterocycles. The molecule has 0 bridgehead atoms. The standard InChI is InChI=1S/C21H26Cl2N2O/c1-13(2)16-6-5-7-17(14(3)4)21(16)25-20(26)10-11-24-15-8-9-18(22)19(23)12-15/h5-9,12-14,24H,10-11H2,1-4H3,(H,25,26). The second-order valence-electron chi connectivity index (χ2n) is 6.97. The van der Waals surface area contributed by atoms with Crippen molar-refractivity contribution in [1.29, 1.82) is 0 Å². The zero-order valence-electron chi connectivity index (χ0n) is 15.7. The zero-order chi connectivity index (χ0) is 19.3. The number of anilines is 2. The third-order valence-corrected chi connectivity index (χ3v) is 4.98. The predicted octanol–water partition coefficient (Wildman–Crippen LogP) is 6.68. The summed E-state index contributed by atoms with van der Waals surface area (Å²) in [7, 11) is 0. The Morgan fingerprint density at radius 1 is 0.962 bits per heavy atom. The number of para-hydroxylation sites is 1. The molecular weight excluding hydrogens is 367 g/mol. The minimum Gasteiger partial charge on any atom is -0.384 e. The number of halogens is 2. The summed E-state index contributed by atoms with van der Waals surface area (Å²) >= 11 is 11.9. The molecule has 0 spiro atoms. The summed E-state index contributed by atoms with van der Waals surface area (Å²) < 4.78 is 0. The molecule has 1 amide bonds.